The number of rotatable bonds is 5. The van der Waals surface area contributed by atoms with Crippen molar-refractivity contribution in [2.75, 3.05) is 6.61 Å². The molecular weight excluding hydrogens is 406 g/mol. The van der Waals surface area contributed by atoms with Crippen LogP contribution in [-0.2, 0) is 19.1 Å². The molecule has 2 aliphatic carbocycles. The summed E-state index contributed by atoms with van der Waals surface area (Å²) >= 11 is 0. The van der Waals surface area contributed by atoms with Crippen LogP contribution in [0.25, 0.3) is 0 Å². The fourth-order valence-corrected chi connectivity index (χ4v) is 5.97. The Morgan fingerprint density at radius 1 is 0.969 bits per heavy atom. The molecule has 2 aromatic rings. The number of carbonyl (C=O) groups is 1. The number of hydroxylamine groups is 2. The van der Waals surface area contributed by atoms with Crippen molar-refractivity contribution in [3.05, 3.63) is 71.8 Å². The van der Waals surface area contributed by atoms with Crippen LogP contribution in [0.1, 0.15) is 53.9 Å². The van der Waals surface area contributed by atoms with Crippen LogP contribution in [-0.4, -0.2) is 42.3 Å². The Hall–Kier alpha value is -2.25. The molecule has 4 fully saturated rings. The average Bonchev–Trinajstić information content (AvgIpc) is 3.36. The van der Waals surface area contributed by atoms with E-state index in [2.05, 4.69) is 30.3 Å². The topological polar surface area (TPSA) is 57.2 Å². The third-order valence-corrected chi connectivity index (χ3v) is 7.52. The number of fused-ring (bicyclic) bond motifs is 1. The van der Waals surface area contributed by atoms with Crippen molar-refractivity contribution in [1.82, 2.24) is 5.23 Å². The number of esters is 1. The van der Waals surface area contributed by atoms with Crippen molar-refractivity contribution in [2.45, 2.75) is 62.6 Å². The molecule has 6 heteroatoms. The molecule has 4 aliphatic rings. The van der Waals surface area contributed by atoms with E-state index >= 15 is 0 Å². The van der Waals surface area contributed by atoms with Crippen molar-refractivity contribution in [2.24, 2.45) is 11.8 Å². The average molecular weight is 436 g/mol. The van der Waals surface area contributed by atoms with E-state index in [9.17, 15) is 4.79 Å². The molecule has 0 unspecified atom stereocenters. The number of benzene rings is 2. The molecule has 32 heavy (non-hydrogen) atoms. The van der Waals surface area contributed by atoms with Gasteiger partial charge in [-0.3, -0.25) is 4.84 Å². The second-order valence-corrected chi connectivity index (χ2v) is 9.42. The Bertz CT molecular complexity index is 938. The minimum atomic E-state index is -0.473. The molecule has 0 N–H and O–H groups in total. The first-order valence-corrected chi connectivity index (χ1v) is 11.8. The van der Waals surface area contributed by atoms with Gasteiger partial charge < -0.3 is 9.47 Å². The van der Waals surface area contributed by atoms with Gasteiger partial charge in [0.05, 0.1) is 24.2 Å². The third kappa shape index (κ3) is 3.65. The van der Waals surface area contributed by atoms with E-state index < -0.39 is 6.29 Å². The van der Waals surface area contributed by atoms with Crippen LogP contribution in [0.4, 0.5) is 0 Å². The van der Waals surface area contributed by atoms with E-state index in [1.807, 2.05) is 18.2 Å². The summed E-state index contributed by atoms with van der Waals surface area (Å²) < 4.78 is 12.7. The van der Waals surface area contributed by atoms with Gasteiger partial charge in [0.15, 0.2) is 6.29 Å². The highest BCUT2D eigenvalue weighted by Crippen LogP contribution is 2.49. The number of nitrogens with zero attached hydrogens (tertiary/aromatic N) is 1. The fraction of sp³-hybridized carbons (Fsp3) is 0.500. The van der Waals surface area contributed by atoms with Crippen LogP contribution in [0.2, 0.25) is 0 Å². The summed E-state index contributed by atoms with van der Waals surface area (Å²) in [5.41, 5.74) is 1.89. The van der Waals surface area contributed by atoms with Gasteiger partial charge in [-0.1, -0.05) is 66.6 Å². The van der Waals surface area contributed by atoms with E-state index in [4.69, 9.17) is 19.1 Å². The quantitative estimate of drug-likeness (QED) is 0.646. The van der Waals surface area contributed by atoms with Gasteiger partial charge in [-0.05, 0) is 37.0 Å². The first-order chi connectivity index (χ1) is 15.8. The standard InChI is InChI=1S/C26H29NO5/c28-25(18-11-5-2-6-12-18)31-24-21-15-19-16-29-27(23(19)24)32-26(21)30-22-14-8-7-13-20(22)17-9-3-1-4-10-17/h1-6,9-12,19-24,26H,7-8,13-16H2/t19-,20-,21-,22+,23+,24+,26+/m0/s1. The molecule has 2 bridgehead atoms. The molecule has 2 heterocycles. The molecule has 2 saturated heterocycles. The van der Waals surface area contributed by atoms with Gasteiger partial charge in [-0.15, -0.1) is 0 Å². The summed E-state index contributed by atoms with van der Waals surface area (Å²) in [7, 11) is 0. The second-order valence-electron chi connectivity index (χ2n) is 9.42. The SMILES string of the molecule is O=C(O[C@@H]1[C@@H]2C[C@H]3CON(O[C@H]2O[C@@H]2CCCC[C@H]2c2ccccc2)[C@H]31)c1ccccc1. The lowest BCUT2D eigenvalue weighted by atomic mass is 9.81. The van der Waals surface area contributed by atoms with Gasteiger partial charge >= 0.3 is 5.97 Å². The molecule has 0 aromatic heterocycles. The summed E-state index contributed by atoms with van der Waals surface area (Å²) in [6.45, 7) is 0.601. The van der Waals surface area contributed by atoms with Gasteiger partial charge in [0.1, 0.15) is 12.1 Å². The minimum Gasteiger partial charge on any atom is -0.456 e. The largest absolute Gasteiger partial charge is 0.456 e. The second kappa shape index (κ2) is 8.60. The highest BCUT2D eigenvalue weighted by atomic mass is 17.0. The summed E-state index contributed by atoms with van der Waals surface area (Å²) in [6.07, 6.45) is 4.68. The maximum atomic E-state index is 12.8. The third-order valence-electron chi connectivity index (χ3n) is 7.52. The minimum absolute atomic E-state index is 0.0103. The van der Waals surface area contributed by atoms with Crippen LogP contribution in [0.15, 0.2) is 60.7 Å². The molecule has 0 radical (unpaired) electrons. The Labute approximate surface area is 188 Å². The highest BCUT2D eigenvalue weighted by Gasteiger charge is 2.61. The van der Waals surface area contributed by atoms with E-state index in [-0.39, 0.29) is 30.1 Å². The molecule has 6 rings (SSSR count). The molecular formula is C26H29NO5. The van der Waals surface area contributed by atoms with Crippen molar-refractivity contribution < 1.29 is 23.9 Å². The Balaban J connectivity index is 1.22. The van der Waals surface area contributed by atoms with Gasteiger partial charge in [-0.2, -0.15) is 0 Å². The summed E-state index contributed by atoms with van der Waals surface area (Å²) in [5, 5.41) is 1.56. The van der Waals surface area contributed by atoms with Gasteiger partial charge in [0, 0.05) is 11.8 Å². The lowest BCUT2D eigenvalue weighted by Crippen LogP contribution is -2.54. The van der Waals surface area contributed by atoms with Crippen LogP contribution in [0, 0.1) is 11.8 Å². The van der Waals surface area contributed by atoms with Crippen LogP contribution < -0.4 is 0 Å². The van der Waals surface area contributed by atoms with Crippen molar-refractivity contribution in [3.8, 4) is 0 Å². The molecule has 168 valence electrons. The van der Waals surface area contributed by atoms with Crippen molar-refractivity contribution >= 4 is 5.97 Å². The molecule has 0 spiro atoms. The summed E-state index contributed by atoms with van der Waals surface area (Å²) in [5.74, 6) is 0.356. The smallest absolute Gasteiger partial charge is 0.338 e. The Morgan fingerprint density at radius 3 is 2.53 bits per heavy atom. The van der Waals surface area contributed by atoms with Gasteiger partial charge in [0.25, 0.3) is 0 Å². The lowest BCUT2D eigenvalue weighted by molar-refractivity contribution is -0.451. The zero-order chi connectivity index (χ0) is 21.5. The predicted molar refractivity (Wildman–Crippen MR) is 116 cm³/mol. The van der Waals surface area contributed by atoms with Gasteiger partial charge in [0.2, 0.25) is 0 Å². The first-order valence-electron chi connectivity index (χ1n) is 11.8. The van der Waals surface area contributed by atoms with E-state index in [0.717, 1.165) is 25.7 Å². The van der Waals surface area contributed by atoms with E-state index in [1.165, 1.54) is 12.0 Å². The van der Waals surface area contributed by atoms with Crippen molar-refractivity contribution in [3.63, 3.8) is 0 Å². The van der Waals surface area contributed by atoms with Crippen LogP contribution in [0.3, 0.4) is 0 Å². The number of ether oxygens (including phenoxy) is 2. The van der Waals surface area contributed by atoms with E-state index in [0.29, 0.717) is 24.0 Å². The lowest BCUT2D eigenvalue weighted by Gasteiger charge is -2.42. The Morgan fingerprint density at radius 2 is 1.72 bits per heavy atom. The zero-order valence-corrected chi connectivity index (χ0v) is 18.0. The highest BCUT2D eigenvalue weighted by molar-refractivity contribution is 5.89. The molecule has 7 atom stereocenters. The molecule has 0 amide bonds. The molecule has 6 nitrogen and oxygen atoms in total. The Kier molecular flexibility index (Phi) is 5.47. The number of carbonyl (C=O) groups excluding carboxylic acids is 1. The number of hydrogen-bond donors (Lipinski definition) is 0. The predicted octanol–water partition coefficient (Wildman–Crippen LogP) is 4.48. The summed E-state index contributed by atoms with van der Waals surface area (Å²) in [4.78, 5) is 24.8. The van der Waals surface area contributed by atoms with Crippen molar-refractivity contribution in [1.29, 1.82) is 0 Å². The normalized spacial score (nSPS) is 36.2. The van der Waals surface area contributed by atoms with Crippen LogP contribution >= 0.6 is 0 Å². The maximum Gasteiger partial charge on any atom is 0.338 e. The van der Waals surface area contributed by atoms with Gasteiger partial charge in [-0.25, -0.2) is 9.63 Å². The molecule has 2 saturated carbocycles. The first kappa shape index (κ1) is 20.4. The summed E-state index contributed by atoms with van der Waals surface area (Å²) in [6, 6.07) is 19.7. The van der Waals surface area contributed by atoms with E-state index in [1.54, 1.807) is 17.4 Å². The monoisotopic (exact) mass is 435 g/mol. The van der Waals surface area contributed by atoms with Crippen LogP contribution in [0.5, 0.6) is 0 Å². The number of hydrogen-bond acceptors (Lipinski definition) is 6. The fourth-order valence-electron chi connectivity index (χ4n) is 5.97. The molecule has 2 aromatic carbocycles. The molecule has 2 aliphatic heterocycles. The zero-order valence-electron chi connectivity index (χ0n) is 18.0. The maximum absolute atomic E-state index is 12.8.